The molecule has 0 amide bonds. The van der Waals surface area contributed by atoms with Gasteiger partial charge >= 0.3 is 162 Å². The van der Waals surface area contributed by atoms with Gasteiger partial charge in [0, 0.05) is 0 Å². The van der Waals surface area contributed by atoms with E-state index in [1.54, 1.807) is 0 Å². The first kappa shape index (κ1) is 31.8. The summed E-state index contributed by atoms with van der Waals surface area (Å²) in [4.78, 5) is 0. The topological polar surface area (TPSA) is 241 Å². The van der Waals surface area contributed by atoms with E-state index in [1.807, 2.05) is 0 Å². The summed E-state index contributed by atoms with van der Waals surface area (Å²) in [5, 5.41) is 0. The van der Waals surface area contributed by atoms with Gasteiger partial charge in [-0.3, -0.25) is 0 Å². The molecule has 0 heterocycles. The molecule has 17 heteroatoms. The monoisotopic (exact) mass is 698 g/mol. The van der Waals surface area contributed by atoms with Crippen molar-refractivity contribution >= 4 is 0 Å². The SMILES string of the molecule is [Lu+3].[Lu+3].[O]=[Cr](=[O])([O-])[O-].[O]=[Cr](=[O])([O-])[O-].[O]=[Cr](=[O])([O-])[O-]. The molecule has 0 bridgehead atoms. The molecule has 0 aliphatic heterocycles. The summed E-state index contributed by atoms with van der Waals surface area (Å²) in [5.74, 6) is 0. The van der Waals surface area contributed by atoms with Crippen molar-refractivity contribution in [1.82, 2.24) is 0 Å². The maximum absolute atomic E-state index is 8.59. The normalized spacial score (nSPS) is 10.2. The summed E-state index contributed by atoms with van der Waals surface area (Å²) in [6.07, 6.45) is 0. The molecule has 120 valence electrons. The Morgan fingerprint density at radius 2 is 0.412 bits per heavy atom. The van der Waals surface area contributed by atoms with Gasteiger partial charge in [-0.15, -0.1) is 0 Å². The second kappa shape index (κ2) is 13.6. The quantitative estimate of drug-likeness (QED) is 0.229. The Kier molecular flexibility index (Phi) is 25.5. The van der Waals surface area contributed by atoms with Gasteiger partial charge in [0.2, 0.25) is 0 Å². The predicted molar refractivity (Wildman–Crippen MR) is 4.12 cm³/mol. The molecule has 0 spiro atoms. The fourth-order valence-corrected chi connectivity index (χ4v) is 0. The number of hydrogen-bond acceptors (Lipinski definition) is 12. The molecule has 0 radical (unpaired) electrons. The van der Waals surface area contributed by atoms with Gasteiger partial charge in [-0.2, -0.15) is 0 Å². The van der Waals surface area contributed by atoms with E-state index in [9.17, 15) is 0 Å². The molecule has 0 saturated carbocycles. The van der Waals surface area contributed by atoms with Gasteiger partial charge in [-0.25, -0.2) is 0 Å². The van der Waals surface area contributed by atoms with Crippen LogP contribution in [-0.2, 0) is 63.7 Å². The van der Waals surface area contributed by atoms with E-state index in [2.05, 4.69) is 0 Å². The van der Waals surface area contributed by atoms with Crippen molar-refractivity contribution in [3.63, 3.8) is 0 Å². The molecule has 0 aromatic rings. The molecule has 0 saturated heterocycles. The Hall–Kier alpha value is 2.62. The molecule has 0 N–H and O–H groups in total. The predicted octanol–water partition coefficient (Wildman–Crippen LogP) is -7.85. The zero-order valence-corrected chi connectivity index (χ0v) is 13.8. The molecule has 0 aliphatic rings. The summed E-state index contributed by atoms with van der Waals surface area (Å²) >= 11 is -17.2. The second-order valence-corrected chi connectivity index (χ2v) is 5.05. The molecule has 0 aliphatic carbocycles. The van der Waals surface area contributed by atoms with Gasteiger partial charge in [-0.05, 0) is 0 Å². The molecule has 12 nitrogen and oxygen atoms in total. The molecule has 0 rings (SSSR count). The summed E-state index contributed by atoms with van der Waals surface area (Å²) in [6, 6.07) is 0. The van der Waals surface area contributed by atoms with Crippen molar-refractivity contribution in [2.75, 3.05) is 0 Å². The summed E-state index contributed by atoms with van der Waals surface area (Å²) in [6.45, 7) is 0. The van der Waals surface area contributed by atoms with Crippen molar-refractivity contribution in [2.24, 2.45) is 0 Å². The Morgan fingerprint density at radius 3 is 0.412 bits per heavy atom. The van der Waals surface area contributed by atoms with Crippen LogP contribution in [0.4, 0.5) is 0 Å². The molecular formula is Cr3Lu2O12. The van der Waals surface area contributed by atoms with Crippen LogP contribution in [0, 0.1) is 73.7 Å². The minimum absolute atomic E-state index is 0. The minimum atomic E-state index is -5.75. The van der Waals surface area contributed by atoms with Crippen LogP contribution in [0.5, 0.6) is 0 Å². The van der Waals surface area contributed by atoms with Gasteiger partial charge in [0.25, 0.3) is 0 Å². The first-order valence-corrected chi connectivity index (χ1v) is 8.25. The van der Waals surface area contributed by atoms with Crippen LogP contribution < -0.4 is 24.9 Å². The fraction of sp³-hybridized carbons (Fsp3) is 0. The third kappa shape index (κ3) is 747. The summed E-state index contributed by atoms with van der Waals surface area (Å²) in [5.41, 5.74) is 0. The summed E-state index contributed by atoms with van der Waals surface area (Å²) < 4.78 is 103. The van der Waals surface area contributed by atoms with Crippen LogP contribution in [0.25, 0.3) is 0 Å². The Morgan fingerprint density at radius 1 is 0.412 bits per heavy atom. The fourth-order valence-electron chi connectivity index (χ4n) is 0. The molecule has 17 heavy (non-hydrogen) atoms. The van der Waals surface area contributed by atoms with Crippen molar-refractivity contribution in [3.05, 3.63) is 0 Å². The summed E-state index contributed by atoms with van der Waals surface area (Å²) in [7, 11) is 0. The van der Waals surface area contributed by atoms with Crippen LogP contribution in [0.2, 0.25) is 0 Å². The van der Waals surface area contributed by atoms with Gasteiger partial charge in [-0.1, -0.05) is 0 Å². The third-order valence-electron chi connectivity index (χ3n) is 0. The van der Waals surface area contributed by atoms with Gasteiger partial charge in [0.1, 0.15) is 0 Å². The molecule has 0 aromatic heterocycles. The molecule has 0 fully saturated rings. The Bertz CT molecular complexity index is 341. The average molecular weight is 698 g/mol. The van der Waals surface area contributed by atoms with Crippen molar-refractivity contribution in [3.8, 4) is 0 Å². The van der Waals surface area contributed by atoms with Gasteiger partial charge in [0.15, 0.2) is 0 Å². The van der Waals surface area contributed by atoms with Crippen LogP contribution in [0.3, 0.4) is 0 Å². The van der Waals surface area contributed by atoms with E-state index in [4.69, 9.17) is 47.8 Å². The average Bonchev–Trinajstić information content (AvgIpc) is 1.41. The van der Waals surface area contributed by atoms with E-state index in [0.29, 0.717) is 0 Å². The van der Waals surface area contributed by atoms with Gasteiger partial charge < -0.3 is 0 Å². The second-order valence-electron chi connectivity index (χ2n) is 1.22. The van der Waals surface area contributed by atoms with E-state index < -0.39 is 40.8 Å². The molecule has 0 atom stereocenters. The third-order valence-corrected chi connectivity index (χ3v) is 0. The van der Waals surface area contributed by atoms with Crippen LogP contribution in [0.15, 0.2) is 0 Å². The Balaban J connectivity index is -0.0000000400. The number of hydrogen-bond donors (Lipinski definition) is 0. The van der Waals surface area contributed by atoms with Crippen LogP contribution in [0.1, 0.15) is 0 Å². The van der Waals surface area contributed by atoms with Crippen molar-refractivity contribution in [1.29, 1.82) is 0 Å². The first-order chi connectivity index (χ1) is 6.00. The first-order valence-electron chi connectivity index (χ1n) is 2.00. The zero-order valence-electron chi connectivity index (χ0n) is 6.64. The molecular weight excluding hydrogens is 698 g/mol. The zero-order chi connectivity index (χ0) is 13.5. The van der Waals surface area contributed by atoms with E-state index in [-0.39, 0.29) is 73.7 Å². The maximum atomic E-state index is 8.59. The molecule has 0 aromatic carbocycles. The van der Waals surface area contributed by atoms with E-state index in [1.165, 1.54) is 0 Å². The van der Waals surface area contributed by atoms with Gasteiger partial charge in [0.05, 0.1) is 0 Å². The van der Waals surface area contributed by atoms with Crippen LogP contribution >= 0.6 is 0 Å². The number of rotatable bonds is 0. The van der Waals surface area contributed by atoms with E-state index in [0.717, 1.165) is 0 Å². The Labute approximate surface area is 159 Å². The standard InChI is InChI=1S/3Cr.2Lu.12O/q;;;2*+3;;;;;;;6*-1. The van der Waals surface area contributed by atoms with Crippen molar-refractivity contribution in [2.45, 2.75) is 0 Å². The van der Waals surface area contributed by atoms with Crippen molar-refractivity contribution < 1.29 is 162 Å². The molecule has 0 unspecified atom stereocenters. The van der Waals surface area contributed by atoms with Crippen LogP contribution in [-0.4, -0.2) is 0 Å². The van der Waals surface area contributed by atoms with E-state index >= 15 is 0 Å².